The van der Waals surface area contributed by atoms with E-state index in [1.807, 2.05) is 13.1 Å². The van der Waals surface area contributed by atoms with Crippen molar-refractivity contribution in [3.63, 3.8) is 0 Å². The molecule has 0 unspecified atom stereocenters. The number of nitrogens with zero attached hydrogens (tertiary/aromatic N) is 1. The fourth-order valence-corrected chi connectivity index (χ4v) is 2.82. The van der Waals surface area contributed by atoms with Crippen LogP contribution in [0.4, 0.5) is 5.69 Å². The van der Waals surface area contributed by atoms with E-state index in [4.69, 9.17) is 0 Å². The highest BCUT2D eigenvalue weighted by atomic mass is 32.2. The smallest absolute Gasteiger partial charge is 0.0393 e. The van der Waals surface area contributed by atoms with E-state index in [1.54, 1.807) is 0 Å². The van der Waals surface area contributed by atoms with Crippen molar-refractivity contribution < 1.29 is 0 Å². The molecule has 1 fully saturated rings. The maximum absolute atomic E-state index is 4.19. The minimum absolute atomic E-state index is 0.665. The van der Waals surface area contributed by atoms with Crippen molar-refractivity contribution in [1.82, 2.24) is 4.98 Å². The Morgan fingerprint density at radius 2 is 2.21 bits per heavy atom. The summed E-state index contributed by atoms with van der Waals surface area (Å²) < 4.78 is 0. The molecule has 0 atom stereocenters. The van der Waals surface area contributed by atoms with Gasteiger partial charge in [0.2, 0.25) is 0 Å². The molecule has 2 nitrogen and oxygen atoms in total. The first-order valence-electron chi connectivity index (χ1n) is 5.11. The lowest BCUT2D eigenvalue weighted by Gasteiger charge is -2.23. The van der Waals surface area contributed by atoms with E-state index in [0.29, 0.717) is 6.04 Å². The monoisotopic (exact) mass is 208 g/mol. The predicted octanol–water partition coefficient (Wildman–Crippen LogP) is 2.70. The first kappa shape index (κ1) is 9.84. The van der Waals surface area contributed by atoms with E-state index in [-0.39, 0.29) is 0 Å². The van der Waals surface area contributed by atoms with Gasteiger partial charge < -0.3 is 5.32 Å². The number of pyridine rings is 1. The van der Waals surface area contributed by atoms with Crippen LogP contribution >= 0.6 is 11.8 Å². The molecule has 2 rings (SSSR count). The van der Waals surface area contributed by atoms with Gasteiger partial charge in [0.25, 0.3) is 0 Å². The van der Waals surface area contributed by atoms with Gasteiger partial charge in [-0.05, 0) is 43.4 Å². The van der Waals surface area contributed by atoms with E-state index >= 15 is 0 Å². The van der Waals surface area contributed by atoms with Gasteiger partial charge in [0.15, 0.2) is 0 Å². The van der Waals surface area contributed by atoms with Crippen molar-refractivity contribution >= 4 is 17.4 Å². The van der Waals surface area contributed by atoms with Crippen molar-refractivity contribution in [3.05, 3.63) is 24.0 Å². The van der Waals surface area contributed by atoms with E-state index in [9.17, 15) is 0 Å². The van der Waals surface area contributed by atoms with Crippen molar-refractivity contribution in [3.8, 4) is 0 Å². The number of nitrogens with one attached hydrogen (secondary N) is 1. The van der Waals surface area contributed by atoms with Crippen LogP contribution in [-0.2, 0) is 0 Å². The summed E-state index contributed by atoms with van der Waals surface area (Å²) in [6.07, 6.45) is 4.44. The van der Waals surface area contributed by atoms with Gasteiger partial charge in [0, 0.05) is 23.6 Å². The SMILES string of the molecule is Cc1cc(NC2CCSCC2)ccn1. The Labute approximate surface area is 89.5 Å². The third kappa shape index (κ3) is 2.64. The molecule has 3 heteroatoms. The number of anilines is 1. The van der Waals surface area contributed by atoms with Crippen LogP contribution in [0.1, 0.15) is 18.5 Å². The zero-order chi connectivity index (χ0) is 9.80. The summed E-state index contributed by atoms with van der Waals surface area (Å²) in [5.41, 5.74) is 2.30. The standard InChI is InChI=1S/C11H16N2S/c1-9-8-11(2-5-12-9)13-10-3-6-14-7-4-10/h2,5,8,10H,3-4,6-7H2,1H3,(H,12,13). The number of rotatable bonds is 2. The number of aromatic nitrogens is 1. The van der Waals surface area contributed by atoms with Crippen molar-refractivity contribution in [2.45, 2.75) is 25.8 Å². The summed E-state index contributed by atoms with van der Waals surface area (Å²) in [7, 11) is 0. The number of hydrogen-bond acceptors (Lipinski definition) is 3. The van der Waals surface area contributed by atoms with E-state index in [0.717, 1.165) is 5.69 Å². The molecular weight excluding hydrogens is 192 g/mol. The maximum Gasteiger partial charge on any atom is 0.0393 e. The lowest BCUT2D eigenvalue weighted by molar-refractivity contribution is 0.666. The zero-order valence-electron chi connectivity index (χ0n) is 8.49. The van der Waals surface area contributed by atoms with E-state index in [2.05, 4.69) is 34.2 Å². The Morgan fingerprint density at radius 1 is 1.43 bits per heavy atom. The average Bonchev–Trinajstić information content (AvgIpc) is 2.19. The third-order valence-corrected chi connectivity index (χ3v) is 3.54. The minimum Gasteiger partial charge on any atom is -0.382 e. The summed E-state index contributed by atoms with van der Waals surface area (Å²) in [6.45, 7) is 2.03. The number of hydrogen-bond donors (Lipinski definition) is 1. The number of aryl methyl sites for hydroxylation is 1. The summed E-state index contributed by atoms with van der Waals surface area (Å²) in [4.78, 5) is 4.19. The molecule has 0 aliphatic carbocycles. The quantitative estimate of drug-likeness (QED) is 0.809. The van der Waals surface area contributed by atoms with Crippen LogP contribution in [0.15, 0.2) is 18.3 Å². The largest absolute Gasteiger partial charge is 0.382 e. The molecule has 1 aliphatic heterocycles. The van der Waals surface area contributed by atoms with Crippen LogP contribution < -0.4 is 5.32 Å². The molecule has 1 aromatic rings. The van der Waals surface area contributed by atoms with E-state index < -0.39 is 0 Å². The van der Waals surface area contributed by atoms with Gasteiger partial charge in [-0.1, -0.05) is 0 Å². The van der Waals surface area contributed by atoms with Gasteiger partial charge in [-0.15, -0.1) is 0 Å². The maximum atomic E-state index is 4.19. The summed E-state index contributed by atoms with van der Waals surface area (Å²) in [5, 5.41) is 3.57. The van der Waals surface area contributed by atoms with Crippen LogP contribution in [0.5, 0.6) is 0 Å². The summed E-state index contributed by atoms with van der Waals surface area (Å²) in [6, 6.07) is 4.83. The molecule has 0 radical (unpaired) electrons. The fraction of sp³-hybridized carbons (Fsp3) is 0.545. The van der Waals surface area contributed by atoms with Gasteiger partial charge in [-0.2, -0.15) is 11.8 Å². The first-order chi connectivity index (χ1) is 6.84. The molecule has 0 bridgehead atoms. The lowest BCUT2D eigenvalue weighted by atomic mass is 10.1. The van der Waals surface area contributed by atoms with Crippen molar-refractivity contribution in [2.24, 2.45) is 0 Å². The van der Waals surface area contributed by atoms with Gasteiger partial charge >= 0.3 is 0 Å². The highest BCUT2D eigenvalue weighted by Gasteiger charge is 2.12. The van der Waals surface area contributed by atoms with Gasteiger partial charge in [-0.25, -0.2) is 0 Å². The van der Waals surface area contributed by atoms with Crippen LogP contribution in [0.3, 0.4) is 0 Å². The Morgan fingerprint density at radius 3 is 2.93 bits per heavy atom. The Bertz CT molecular complexity index is 295. The van der Waals surface area contributed by atoms with Crippen molar-refractivity contribution in [2.75, 3.05) is 16.8 Å². The lowest BCUT2D eigenvalue weighted by Crippen LogP contribution is -2.24. The summed E-state index contributed by atoms with van der Waals surface area (Å²) in [5.74, 6) is 2.59. The molecule has 0 aromatic carbocycles. The van der Waals surface area contributed by atoms with Crippen LogP contribution in [0, 0.1) is 6.92 Å². The van der Waals surface area contributed by atoms with Crippen LogP contribution in [0.25, 0.3) is 0 Å². The van der Waals surface area contributed by atoms with Gasteiger partial charge in [0.1, 0.15) is 0 Å². The molecule has 1 aliphatic rings. The molecule has 1 N–H and O–H groups in total. The van der Waals surface area contributed by atoms with Crippen LogP contribution in [0.2, 0.25) is 0 Å². The molecular formula is C11H16N2S. The molecule has 1 aromatic heterocycles. The molecule has 2 heterocycles. The molecule has 14 heavy (non-hydrogen) atoms. The van der Waals surface area contributed by atoms with Gasteiger partial charge in [-0.3, -0.25) is 4.98 Å². The molecule has 76 valence electrons. The van der Waals surface area contributed by atoms with Gasteiger partial charge in [0.05, 0.1) is 0 Å². The Kier molecular flexibility index (Phi) is 3.30. The van der Waals surface area contributed by atoms with Crippen molar-refractivity contribution in [1.29, 1.82) is 0 Å². The predicted molar refractivity (Wildman–Crippen MR) is 62.9 cm³/mol. The zero-order valence-corrected chi connectivity index (χ0v) is 9.31. The van der Waals surface area contributed by atoms with E-state index in [1.165, 1.54) is 30.0 Å². The second-order valence-corrected chi connectivity index (χ2v) is 4.94. The Balaban J connectivity index is 1.95. The summed E-state index contributed by atoms with van der Waals surface area (Å²) >= 11 is 2.06. The molecule has 1 saturated heterocycles. The fourth-order valence-electron chi connectivity index (χ4n) is 1.71. The highest BCUT2D eigenvalue weighted by Crippen LogP contribution is 2.20. The normalized spacial score (nSPS) is 18.1. The average molecular weight is 208 g/mol. The molecule has 0 saturated carbocycles. The first-order valence-corrected chi connectivity index (χ1v) is 6.27. The highest BCUT2D eigenvalue weighted by molar-refractivity contribution is 7.99. The molecule has 0 amide bonds. The third-order valence-electron chi connectivity index (χ3n) is 2.49. The second kappa shape index (κ2) is 4.69. The van der Waals surface area contributed by atoms with Crippen LogP contribution in [-0.4, -0.2) is 22.5 Å². The molecule has 0 spiro atoms. The number of thioether (sulfide) groups is 1. The minimum atomic E-state index is 0.665. The topological polar surface area (TPSA) is 24.9 Å². The Hall–Kier alpha value is -0.700. The second-order valence-electron chi connectivity index (χ2n) is 3.72.